The molecular formula is C14H9N5. The molecule has 19 heavy (non-hydrogen) atoms. The van der Waals surface area contributed by atoms with Crippen LogP contribution in [0.25, 0.3) is 0 Å². The average molecular weight is 247 g/mol. The van der Waals surface area contributed by atoms with Crippen molar-refractivity contribution in [1.29, 1.82) is 10.5 Å². The predicted octanol–water partition coefficient (Wildman–Crippen LogP) is 3.43. The summed E-state index contributed by atoms with van der Waals surface area (Å²) in [5, 5.41) is 25.7. The molecule has 0 aliphatic rings. The van der Waals surface area contributed by atoms with Crippen LogP contribution >= 0.6 is 0 Å². The molecule has 0 atom stereocenters. The number of anilines is 1. The minimum absolute atomic E-state index is 0.363. The Kier molecular flexibility index (Phi) is 3.51. The summed E-state index contributed by atoms with van der Waals surface area (Å²) in [6.07, 6.45) is 0. The molecule has 0 heterocycles. The van der Waals surface area contributed by atoms with Crippen molar-refractivity contribution < 1.29 is 0 Å². The van der Waals surface area contributed by atoms with E-state index < -0.39 is 0 Å². The van der Waals surface area contributed by atoms with Crippen LogP contribution in [-0.2, 0) is 0 Å². The van der Waals surface area contributed by atoms with Crippen molar-refractivity contribution in [2.24, 2.45) is 10.2 Å². The number of benzene rings is 2. The lowest BCUT2D eigenvalue weighted by Crippen LogP contribution is -1.88. The standard InChI is InChI=1S/C14H9N5/c15-8-10-2-1-3-12(6-10)18-19-13-4-5-14(17)11(7-13)9-16/h1-7H,17H2. The van der Waals surface area contributed by atoms with Gasteiger partial charge in [-0.25, -0.2) is 0 Å². The van der Waals surface area contributed by atoms with Crippen molar-refractivity contribution in [3.63, 3.8) is 0 Å². The molecule has 0 aliphatic heterocycles. The first kappa shape index (κ1) is 12.3. The SMILES string of the molecule is N#Cc1cccc(N=Nc2ccc(N)c(C#N)c2)c1. The molecule has 2 aromatic carbocycles. The maximum atomic E-state index is 8.86. The summed E-state index contributed by atoms with van der Waals surface area (Å²) in [7, 11) is 0. The fourth-order valence-electron chi connectivity index (χ4n) is 1.46. The Morgan fingerprint density at radius 1 is 0.895 bits per heavy atom. The van der Waals surface area contributed by atoms with Gasteiger partial charge in [0, 0.05) is 5.69 Å². The number of hydrogen-bond donors (Lipinski definition) is 1. The van der Waals surface area contributed by atoms with E-state index in [1.54, 1.807) is 42.5 Å². The molecule has 0 amide bonds. The topological polar surface area (TPSA) is 98.3 Å². The van der Waals surface area contributed by atoms with Crippen molar-refractivity contribution in [3.8, 4) is 12.1 Å². The predicted molar refractivity (Wildman–Crippen MR) is 70.9 cm³/mol. The molecule has 0 unspecified atom stereocenters. The van der Waals surface area contributed by atoms with Crippen LogP contribution in [0.2, 0.25) is 0 Å². The van der Waals surface area contributed by atoms with Crippen molar-refractivity contribution in [3.05, 3.63) is 53.6 Å². The first-order valence-electron chi connectivity index (χ1n) is 5.44. The van der Waals surface area contributed by atoms with E-state index in [1.165, 1.54) is 0 Å². The number of nitrogens with two attached hydrogens (primary N) is 1. The number of nitrogens with zero attached hydrogens (tertiary/aromatic N) is 4. The highest BCUT2D eigenvalue weighted by molar-refractivity contribution is 5.60. The second kappa shape index (κ2) is 5.44. The summed E-state index contributed by atoms with van der Waals surface area (Å²) in [4.78, 5) is 0. The molecule has 90 valence electrons. The van der Waals surface area contributed by atoms with E-state index in [1.807, 2.05) is 12.1 Å². The number of hydrogen-bond acceptors (Lipinski definition) is 5. The lowest BCUT2D eigenvalue weighted by Gasteiger charge is -1.98. The van der Waals surface area contributed by atoms with Gasteiger partial charge >= 0.3 is 0 Å². The van der Waals surface area contributed by atoms with E-state index >= 15 is 0 Å². The third-order valence-corrected chi connectivity index (χ3v) is 2.41. The fourth-order valence-corrected chi connectivity index (χ4v) is 1.46. The summed E-state index contributed by atoms with van der Waals surface area (Å²) in [6, 6.07) is 15.7. The highest BCUT2D eigenvalue weighted by Crippen LogP contribution is 2.22. The Labute approximate surface area is 110 Å². The summed E-state index contributed by atoms with van der Waals surface area (Å²) in [6.45, 7) is 0. The van der Waals surface area contributed by atoms with Crippen LogP contribution in [0.3, 0.4) is 0 Å². The zero-order valence-corrected chi connectivity index (χ0v) is 9.91. The van der Waals surface area contributed by atoms with Crippen molar-refractivity contribution in [2.75, 3.05) is 5.73 Å². The minimum atomic E-state index is 0.363. The molecule has 2 aromatic rings. The van der Waals surface area contributed by atoms with Crippen LogP contribution in [0.4, 0.5) is 17.1 Å². The zero-order valence-electron chi connectivity index (χ0n) is 9.91. The molecule has 0 bridgehead atoms. The monoisotopic (exact) mass is 247 g/mol. The minimum Gasteiger partial charge on any atom is -0.398 e. The van der Waals surface area contributed by atoms with Gasteiger partial charge in [-0.1, -0.05) is 6.07 Å². The van der Waals surface area contributed by atoms with Gasteiger partial charge in [-0.15, -0.1) is 0 Å². The van der Waals surface area contributed by atoms with Crippen LogP contribution in [0, 0.1) is 22.7 Å². The Morgan fingerprint density at radius 3 is 2.32 bits per heavy atom. The smallest absolute Gasteiger partial charge is 0.101 e. The molecule has 2 N–H and O–H groups in total. The highest BCUT2D eigenvalue weighted by atomic mass is 15.1. The molecule has 0 fully saturated rings. The second-order valence-corrected chi connectivity index (χ2v) is 3.75. The van der Waals surface area contributed by atoms with E-state index in [-0.39, 0.29) is 0 Å². The third kappa shape index (κ3) is 2.93. The number of rotatable bonds is 2. The van der Waals surface area contributed by atoms with Gasteiger partial charge in [-0.3, -0.25) is 0 Å². The van der Waals surface area contributed by atoms with E-state index in [9.17, 15) is 0 Å². The van der Waals surface area contributed by atoms with Gasteiger partial charge in [-0.05, 0) is 36.4 Å². The zero-order chi connectivity index (χ0) is 13.7. The van der Waals surface area contributed by atoms with E-state index in [4.69, 9.17) is 16.3 Å². The lowest BCUT2D eigenvalue weighted by atomic mass is 10.2. The van der Waals surface area contributed by atoms with Crippen LogP contribution in [0.5, 0.6) is 0 Å². The first-order valence-corrected chi connectivity index (χ1v) is 5.44. The Hall–Kier alpha value is -3.18. The quantitative estimate of drug-likeness (QED) is 0.650. The molecule has 0 aliphatic carbocycles. The molecule has 2 rings (SSSR count). The van der Waals surface area contributed by atoms with Gasteiger partial charge in [-0.2, -0.15) is 20.8 Å². The molecule has 0 radical (unpaired) electrons. The van der Waals surface area contributed by atoms with E-state index in [0.29, 0.717) is 28.2 Å². The van der Waals surface area contributed by atoms with E-state index in [2.05, 4.69) is 10.2 Å². The maximum absolute atomic E-state index is 8.86. The summed E-state index contributed by atoms with van der Waals surface area (Å²) < 4.78 is 0. The van der Waals surface area contributed by atoms with E-state index in [0.717, 1.165) is 0 Å². The van der Waals surface area contributed by atoms with Crippen molar-refractivity contribution >= 4 is 17.1 Å². The van der Waals surface area contributed by atoms with Gasteiger partial charge in [0.05, 0.1) is 28.6 Å². The van der Waals surface area contributed by atoms with Gasteiger partial charge in [0.2, 0.25) is 0 Å². The molecule has 5 nitrogen and oxygen atoms in total. The summed E-state index contributed by atoms with van der Waals surface area (Å²) >= 11 is 0. The van der Waals surface area contributed by atoms with Crippen molar-refractivity contribution in [2.45, 2.75) is 0 Å². The summed E-state index contributed by atoms with van der Waals surface area (Å²) in [5.74, 6) is 0. The van der Waals surface area contributed by atoms with Crippen LogP contribution < -0.4 is 5.73 Å². The maximum Gasteiger partial charge on any atom is 0.101 e. The fraction of sp³-hybridized carbons (Fsp3) is 0. The molecule has 0 saturated heterocycles. The highest BCUT2D eigenvalue weighted by Gasteiger charge is 1.99. The third-order valence-electron chi connectivity index (χ3n) is 2.41. The van der Waals surface area contributed by atoms with Crippen LogP contribution in [-0.4, -0.2) is 0 Å². The van der Waals surface area contributed by atoms with Crippen LogP contribution in [0.1, 0.15) is 11.1 Å². The Bertz CT molecular complexity index is 719. The van der Waals surface area contributed by atoms with Gasteiger partial charge in [0.15, 0.2) is 0 Å². The molecule has 0 spiro atoms. The normalized spacial score (nSPS) is 10.0. The molecular weight excluding hydrogens is 238 g/mol. The largest absolute Gasteiger partial charge is 0.398 e. The number of nitriles is 2. The Balaban J connectivity index is 2.28. The van der Waals surface area contributed by atoms with Crippen LogP contribution in [0.15, 0.2) is 52.7 Å². The number of nitrogen functional groups attached to an aromatic ring is 1. The van der Waals surface area contributed by atoms with Gasteiger partial charge in [0.25, 0.3) is 0 Å². The van der Waals surface area contributed by atoms with Gasteiger partial charge in [0.1, 0.15) is 6.07 Å². The summed E-state index contributed by atoms with van der Waals surface area (Å²) in [5.41, 5.74) is 8.02. The molecule has 0 saturated carbocycles. The lowest BCUT2D eigenvalue weighted by molar-refractivity contribution is 1.23. The molecule has 0 aromatic heterocycles. The van der Waals surface area contributed by atoms with Crippen molar-refractivity contribution in [1.82, 2.24) is 0 Å². The first-order chi connectivity index (χ1) is 9.22. The average Bonchev–Trinajstić information content (AvgIpc) is 2.46. The Morgan fingerprint density at radius 2 is 1.63 bits per heavy atom. The number of azo groups is 1. The van der Waals surface area contributed by atoms with Gasteiger partial charge < -0.3 is 5.73 Å². The molecule has 5 heteroatoms. The second-order valence-electron chi connectivity index (χ2n) is 3.75.